The van der Waals surface area contributed by atoms with E-state index in [2.05, 4.69) is 11.4 Å². The van der Waals surface area contributed by atoms with Crippen molar-refractivity contribution < 1.29 is 9.21 Å². The zero-order chi connectivity index (χ0) is 20.2. The van der Waals surface area contributed by atoms with Gasteiger partial charge in [0.05, 0.1) is 10.6 Å². The fraction of sp³-hybridized carbons (Fsp3) is 0. The van der Waals surface area contributed by atoms with Gasteiger partial charge in [0.25, 0.3) is 5.91 Å². The molecule has 4 nitrogen and oxygen atoms in total. The van der Waals surface area contributed by atoms with Gasteiger partial charge in [-0.25, -0.2) is 0 Å². The molecule has 140 valence electrons. The molecule has 0 atom stereocenters. The number of anilines is 1. The molecule has 0 aliphatic heterocycles. The highest BCUT2D eigenvalue weighted by molar-refractivity contribution is 6.34. The second-order valence-electron chi connectivity index (χ2n) is 6.29. The SMILES string of the molecule is N#Cc1c(NC(=O)c2ccccc2Cl)oc(-c2ccccc2)c1-c1ccccc1. The van der Waals surface area contributed by atoms with Crippen LogP contribution in [0.1, 0.15) is 15.9 Å². The second kappa shape index (κ2) is 8.05. The van der Waals surface area contributed by atoms with Crippen LogP contribution in [0.2, 0.25) is 5.02 Å². The molecule has 1 N–H and O–H groups in total. The highest BCUT2D eigenvalue weighted by atomic mass is 35.5. The molecule has 0 radical (unpaired) electrons. The van der Waals surface area contributed by atoms with Crippen molar-refractivity contribution in [2.75, 3.05) is 5.32 Å². The Morgan fingerprint density at radius 2 is 1.45 bits per heavy atom. The fourth-order valence-electron chi connectivity index (χ4n) is 3.11. The Balaban J connectivity index is 1.86. The van der Waals surface area contributed by atoms with Crippen LogP contribution in [0.5, 0.6) is 0 Å². The first kappa shape index (κ1) is 18.5. The number of nitrogens with one attached hydrogen (secondary N) is 1. The second-order valence-corrected chi connectivity index (χ2v) is 6.70. The van der Waals surface area contributed by atoms with Gasteiger partial charge in [0.15, 0.2) is 0 Å². The number of nitrogens with zero attached hydrogens (tertiary/aromatic N) is 1. The number of carbonyl (C=O) groups is 1. The molecule has 29 heavy (non-hydrogen) atoms. The number of benzene rings is 3. The third-order valence-electron chi connectivity index (χ3n) is 4.46. The van der Waals surface area contributed by atoms with E-state index in [-0.39, 0.29) is 11.4 Å². The van der Waals surface area contributed by atoms with Crippen molar-refractivity contribution in [3.05, 3.63) is 101 Å². The molecular weight excluding hydrogens is 384 g/mol. The maximum absolute atomic E-state index is 12.7. The van der Waals surface area contributed by atoms with Crippen molar-refractivity contribution in [1.82, 2.24) is 0 Å². The Hall–Kier alpha value is -3.81. The molecule has 0 saturated heterocycles. The van der Waals surface area contributed by atoms with Gasteiger partial charge in [0.1, 0.15) is 17.4 Å². The van der Waals surface area contributed by atoms with Crippen LogP contribution in [-0.2, 0) is 0 Å². The predicted octanol–water partition coefficient (Wildman–Crippen LogP) is 6.39. The number of carbonyl (C=O) groups excluding carboxylic acids is 1. The highest BCUT2D eigenvalue weighted by Gasteiger charge is 2.24. The van der Waals surface area contributed by atoms with Crippen molar-refractivity contribution in [2.24, 2.45) is 0 Å². The van der Waals surface area contributed by atoms with E-state index in [1.165, 1.54) is 0 Å². The van der Waals surface area contributed by atoms with E-state index in [9.17, 15) is 10.1 Å². The van der Waals surface area contributed by atoms with Crippen LogP contribution in [0.15, 0.2) is 89.3 Å². The first-order chi connectivity index (χ1) is 14.2. The Bertz CT molecular complexity index is 1210. The molecule has 3 aromatic carbocycles. The number of nitriles is 1. The van der Waals surface area contributed by atoms with Gasteiger partial charge < -0.3 is 4.42 Å². The highest BCUT2D eigenvalue weighted by Crippen LogP contribution is 2.41. The zero-order valence-corrected chi connectivity index (χ0v) is 16.0. The third-order valence-corrected chi connectivity index (χ3v) is 4.79. The average Bonchev–Trinajstić information content (AvgIpc) is 3.13. The standard InChI is InChI=1S/C24H15ClN2O2/c25-20-14-8-7-13-18(20)23(28)27-24-19(15-26)21(16-9-3-1-4-10-16)22(29-24)17-11-5-2-6-12-17/h1-14H,(H,27,28). The number of amides is 1. The van der Waals surface area contributed by atoms with Crippen molar-refractivity contribution in [1.29, 1.82) is 5.26 Å². The number of hydrogen-bond donors (Lipinski definition) is 1. The van der Waals surface area contributed by atoms with Gasteiger partial charge in [-0.15, -0.1) is 0 Å². The summed E-state index contributed by atoms with van der Waals surface area (Å²) >= 11 is 6.13. The summed E-state index contributed by atoms with van der Waals surface area (Å²) < 4.78 is 6.01. The largest absolute Gasteiger partial charge is 0.438 e. The molecule has 1 amide bonds. The van der Waals surface area contributed by atoms with E-state index in [4.69, 9.17) is 16.0 Å². The van der Waals surface area contributed by atoms with Crippen molar-refractivity contribution in [2.45, 2.75) is 0 Å². The van der Waals surface area contributed by atoms with E-state index < -0.39 is 5.91 Å². The first-order valence-corrected chi connectivity index (χ1v) is 9.30. The Morgan fingerprint density at radius 1 is 0.862 bits per heavy atom. The van der Waals surface area contributed by atoms with E-state index in [0.717, 1.165) is 11.1 Å². The molecule has 4 rings (SSSR count). The summed E-state index contributed by atoms with van der Waals surface area (Å²) in [7, 11) is 0. The summed E-state index contributed by atoms with van der Waals surface area (Å²) in [5, 5.41) is 12.9. The summed E-state index contributed by atoms with van der Waals surface area (Å²) in [4.78, 5) is 12.7. The number of halogens is 1. The molecule has 0 fully saturated rings. The minimum absolute atomic E-state index is 0.0927. The van der Waals surface area contributed by atoms with Crippen LogP contribution in [0.3, 0.4) is 0 Å². The summed E-state index contributed by atoms with van der Waals surface area (Å²) in [5.41, 5.74) is 2.83. The van der Waals surface area contributed by atoms with Gasteiger partial charge in [-0.3, -0.25) is 10.1 Å². The summed E-state index contributed by atoms with van der Waals surface area (Å²) in [5.74, 6) is 0.165. The average molecular weight is 399 g/mol. The van der Waals surface area contributed by atoms with Gasteiger partial charge in [-0.05, 0) is 17.7 Å². The molecule has 0 bridgehead atoms. The van der Waals surface area contributed by atoms with Gasteiger partial charge in [-0.1, -0.05) is 84.4 Å². The smallest absolute Gasteiger partial charge is 0.259 e. The molecule has 1 heterocycles. The molecular formula is C24H15ClN2O2. The fourth-order valence-corrected chi connectivity index (χ4v) is 3.34. The quantitative estimate of drug-likeness (QED) is 0.433. The molecule has 4 aromatic rings. The summed E-state index contributed by atoms with van der Waals surface area (Å²) in [6.45, 7) is 0. The van der Waals surface area contributed by atoms with E-state index in [1.807, 2.05) is 60.7 Å². The summed E-state index contributed by atoms with van der Waals surface area (Å²) in [6, 6.07) is 27.8. The van der Waals surface area contributed by atoms with Crippen LogP contribution in [0, 0.1) is 11.3 Å². The van der Waals surface area contributed by atoms with Crippen molar-refractivity contribution >= 4 is 23.4 Å². The van der Waals surface area contributed by atoms with Crippen LogP contribution in [0.25, 0.3) is 22.5 Å². The lowest BCUT2D eigenvalue weighted by Gasteiger charge is -2.04. The van der Waals surface area contributed by atoms with Crippen molar-refractivity contribution in [3.8, 4) is 28.5 Å². The monoisotopic (exact) mass is 398 g/mol. The van der Waals surface area contributed by atoms with Crippen LogP contribution in [0.4, 0.5) is 5.88 Å². The molecule has 0 unspecified atom stereocenters. The Labute approximate surface area is 173 Å². The normalized spacial score (nSPS) is 10.3. The molecule has 0 saturated carbocycles. The van der Waals surface area contributed by atoms with Gasteiger partial charge in [-0.2, -0.15) is 5.26 Å². The summed E-state index contributed by atoms with van der Waals surface area (Å²) in [6.07, 6.45) is 0. The van der Waals surface area contributed by atoms with E-state index in [1.54, 1.807) is 24.3 Å². The number of rotatable bonds is 4. The lowest BCUT2D eigenvalue weighted by Crippen LogP contribution is -2.12. The molecule has 0 aliphatic carbocycles. The lowest BCUT2D eigenvalue weighted by atomic mass is 9.98. The molecule has 5 heteroatoms. The maximum atomic E-state index is 12.7. The minimum Gasteiger partial charge on any atom is -0.438 e. The van der Waals surface area contributed by atoms with E-state index in [0.29, 0.717) is 21.9 Å². The Kier molecular flexibility index (Phi) is 5.15. The number of hydrogen-bond acceptors (Lipinski definition) is 3. The first-order valence-electron chi connectivity index (χ1n) is 8.92. The third kappa shape index (κ3) is 3.64. The number of furan rings is 1. The van der Waals surface area contributed by atoms with Gasteiger partial charge >= 0.3 is 0 Å². The maximum Gasteiger partial charge on any atom is 0.259 e. The van der Waals surface area contributed by atoms with Crippen molar-refractivity contribution in [3.63, 3.8) is 0 Å². The lowest BCUT2D eigenvalue weighted by molar-refractivity contribution is 0.102. The van der Waals surface area contributed by atoms with Crippen LogP contribution >= 0.6 is 11.6 Å². The van der Waals surface area contributed by atoms with Crippen LogP contribution < -0.4 is 5.32 Å². The molecule has 0 aliphatic rings. The van der Waals surface area contributed by atoms with Gasteiger partial charge in [0.2, 0.25) is 5.88 Å². The Morgan fingerprint density at radius 3 is 2.07 bits per heavy atom. The zero-order valence-electron chi connectivity index (χ0n) is 15.2. The molecule has 0 spiro atoms. The molecule has 1 aromatic heterocycles. The van der Waals surface area contributed by atoms with Gasteiger partial charge in [0, 0.05) is 11.1 Å². The predicted molar refractivity (Wildman–Crippen MR) is 114 cm³/mol. The van der Waals surface area contributed by atoms with Crippen LogP contribution in [-0.4, -0.2) is 5.91 Å². The minimum atomic E-state index is -0.444. The topological polar surface area (TPSA) is 66.0 Å². The van der Waals surface area contributed by atoms with E-state index >= 15 is 0 Å².